The zero-order chi connectivity index (χ0) is 19.1. The van der Waals surface area contributed by atoms with Crippen molar-refractivity contribution in [2.24, 2.45) is 0 Å². The molecule has 1 aliphatic heterocycles. The molecular formula is C18H16ClN7O2. The molecule has 2 N–H and O–H groups in total. The van der Waals surface area contributed by atoms with E-state index >= 15 is 0 Å². The van der Waals surface area contributed by atoms with Crippen LogP contribution in [0.5, 0.6) is 0 Å². The monoisotopic (exact) mass is 397 g/mol. The van der Waals surface area contributed by atoms with E-state index in [2.05, 4.69) is 30.5 Å². The summed E-state index contributed by atoms with van der Waals surface area (Å²) in [5, 5.41) is 12.1. The summed E-state index contributed by atoms with van der Waals surface area (Å²) in [6.07, 6.45) is 5.12. The summed E-state index contributed by atoms with van der Waals surface area (Å²) in [7, 11) is 0. The van der Waals surface area contributed by atoms with Crippen molar-refractivity contribution in [3.8, 4) is 22.8 Å². The summed E-state index contributed by atoms with van der Waals surface area (Å²) in [6.45, 7) is 1.85. The summed E-state index contributed by atoms with van der Waals surface area (Å²) < 4.78 is 7.18. The molecule has 28 heavy (non-hydrogen) atoms. The van der Waals surface area contributed by atoms with E-state index in [-0.39, 0.29) is 22.5 Å². The van der Waals surface area contributed by atoms with Gasteiger partial charge in [0.05, 0.1) is 17.5 Å². The number of nitrogens with zero attached hydrogens (tertiary/aromatic N) is 5. The maximum atomic E-state index is 12.3. The minimum atomic E-state index is -0.183. The van der Waals surface area contributed by atoms with Gasteiger partial charge in [0.1, 0.15) is 16.4 Å². The topological polar surface area (TPSA) is 114 Å². The molecular weight excluding hydrogens is 382 g/mol. The first-order valence-electron chi connectivity index (χ1n) is 8.97. The number of nitrogens with one attached hydrogen (secondary N) is 2. The fraction of sp³-hybridized carbons (Fsp3) is 0.278. The van der Waals surface area contributed by atoms with Gasteiger partial charge in [-0.2, -0.15) is 10.1 Å². The number of pyridine rings is 1. The standard InChI is InChI=1S/C18H16ClN7O2/c19-15-11(2-1-5-21-15)16-24-18(28-25-16)12-9-22-26-13(8-14(27)23-17(12)26)10-3-6-20-7-4-10/h1-2,5,8-10,20H,3-4,6-7H2,(H,23,27). The van der Waals surface area contributed by atoms with E-state index in [0.717, 1.165) is 31.6 Å². The Morgan fingerprint density at radius 2 is 2.11 bits per heavy atom. The first-order valence-corrected chi connectivity index (χ1v) is 9.35. The largest absolute Gasteiger partial charge is 0.333 e. The van der Waals surface area contributed by atoms with Gasteiger partial charge in [-0.15, -0.1) is 0 Å². The maximum Gasteiger partial charge on any atom is 0.263 e. The highest BCUT2D eigenvalue weighted by Crippen LogP contribution is 2.29. The minimum Gasteiger partial charge on any atom is -0.333 e. The lowest BCUT2D eigenvalue weighted by molar-refractivity contribution is 0.432. The number of fused-ring (bicyclic) bond motifs is 1. The molecule has 0 radical (unpaired) electrons. The summed E-state index contributed by atoms with van der Waals surface area (Å²) in [5.41, 5.74) is 2.37. The van der Waals surface area contributed by atoms with Gasteiger partial charge in [0.15, 0.2) is 0 Å². The van der Waals surface area contributed by atoms with E-state index in [1.165, 1.54) is 0 Å². The molecule has 9 nitrogen and oxygen atoms in total. The van der Waals surface area contributed by atoms with Crippen molar-refractivity contribution in [1.82, 2.24) is 35.0 Å². The zero-order valence-electron chi connectivity index (χ0n) is 14.7. The Labute approximate surface area is 163 Å². The van der Waals surface area contributed by atoms with Crippen LogP contribution < -0.4 is 10.9 Å². The van der Waals surface area contributed by atoms with E-state index in [1.807, 2.05) is 0 Å². The first kappa shape index (κ1) is 17.1. The molecule has 0 saturated carbocycles. The lowest BCUT2D eigenvalue weighted by atomic mass is 9.94. The molecule has 0 unspecified atom stereocenters. The van der Waals surface area contributed by atoms with Gasteiger partial charge in [-0.3, -0.25) is 4.79 Å². The lowest BCUT2D eigenvalue weighted by Crippen LogP contribution is -2.28. The van der Waals surface area contributed by atoms with Crippen LogP contribution >= 0.6 is 11.6 Å². The number of aromatic amines is 1. The second kappa shape index (κ2) is 6.84. The third-order valence-corrected chi connectivity index (χ3v) is 5.25. The van der Waals surface area contributed by atoms with E-state index < -0.39 is 0 Å². The summed E-state index contributed by atoms with van der Waals surface area (Å²) in [6, 6.07) is 5.13. The van der Waals surface area contributed by atoms with Crippen LogP contribution in [0.3, 0.4) is 0 Å². The molecule has 10 heteroatoms. The Hall–Kier alpha value is -3.04. The van der Waals surface area contributed by atoms with Crippen LogP contribution in [0.1, 0.15) is 24.5 Å². The molecule has 5 heterocycles. The van der Waals surface area contributed by atoms with Crippen molar-refractivity contribution in [3.05, 3.63) is 51.8 Å². The van der Waals surface area contributed by atoms with Crippen LogP contribution in [-0.4, -0.2) is 42.8 Å². The van der Waals surface area contributed by atoms with Gasteiger partial charge < -0.3 is 14.8 Å². The third kappa shape index (κ3) is 2.88. The summed E-state index contributed by atoms with van der Waals surface area (Å²) in [5.74, 6) is 0.846. The number of rotatable bonds is 3. The van der Waals surface area contributed by atoms with Crippen molar-refractivity contribution in [2.45, 2.75) is 18.8 Å². The van der Waals surface area contributed by atoms with Crippen LogP contribution in [0.15, 0.2) is 39.9 Å². The molecule has 0 spiro atoms. The van der Waals surface area contributed by atoms with Crippen molar-refractivity contribution in [3.63, 3.8) is 0 Å². The molecule has 0 amide bonds. The van der Waals surface area contributed by atoms with Gasteiger partial charge in [-0.25, -0.2) is 9.50 Å². The van der Waals surface area contributed by atoms with Crippen molar-refractivity contribution >= 4 is 17.2 Å². The molecule has 1 saturated heterocycles. The van der Waals surface area contributed by atoms with Crippen molar-refractivity contribution < 1.29 is 4.52 Å². The normalized spacial score (nSPS) is 15.3. The highest BCUT2D eigenvalue weighted by atomic mass is 35.5. The average Bonchev–Trinajstić information content (AvgIpc) is 3.35. The Morgan fingerprint density at radius 3 is 2.93 bits per heavy atom. The molecule has 1 aliphatic rings. The Morgan fingerprint density at radius 1 is 1.25 bits per heavy atom. The SMILES string of the molecule is O=c1cc(C2CCNCC2)n2ncc(-c3nc(-c4cccnc4Cl)no3)c2[nH]1. The number of hydrogen-bond acceptors (Lipinski definition) is 7. The molecule has 4 aromatic rings. The summed E-state index contributed by atoms with van der Waals surface area (Å²) >= 11 is 6.11. The van der Waals surface area contributed by atoms with Crippen molar-refractivity contribution in [1.29, 1.82) is 0 Å². The predicted octanol–water partition coefficient (Wildman–Crippen LogP) is 2.25. The van der Waals surface area contributed by atoms with Gasteiger partial charge in [-0.05, 0) is 38.1 Å². The molecule has 0 aromatic carbocycles. The number of aromatic nitrogens is 6. The second-order valence-corrected chi connectivity index (χ2v) is 7.02. The molecule has 4 aromatic heterocycles. The first-order chi connectivity index (χ1) is 13.7. The average molecular weight is 398 g/mol. The van der Waals surface area contributed by atoms with Gasteiger partial charge in [-0.1, -0.05) is 16.8 Å². The highest BCUT2D eigenvalue weighted by molar-refractivity contribution is 6.31. The molecule has 142 valence electrons. The number of halogens is 1. The smallest absolute Gasteiger partial charge is 0.263 e. The zero-order valence-corrected chi connectivity index (χ0v) is 15.5. The fourth-order valence-electron chi connectivity index (χ4n) is 3.57. The minimum absolute atomic E-state index is 0.183. The van der Waals surface area contributed by atoms with Gasteiger partial charge in [0.2, 0.25) is 5.82 Å². The lowest BCUT2D eigenvalue weighted by Gasteiger charge is -2.23. The molecule has 5 rings (SSSR count). The van der Waals surface area contributed by atoms with E-state index in [4.69, 9.17) is 16.1 Å². The van der Waals surface area contributed by atoms with Crippen LogP contribution in [0.4, 0.5) is 0 Å². The van der Waals surface area contributed by atoms with E-state index in [9.17, 15) is 4.79 Å². The Balaban J connectivity index is 1.60. The number of H-pyrrole nitrogens is 1. The molecule has 1 fully saturated rings. The van der Waals surface area contributed by atoms with Crippen molar-refractivity contribution in [2.75, 3.05) is 13.1 Å². The van der Waals surface area contributed by atoms with Crippen LogP contribution in [0.25, 0.3) is 28.5 Å². The second-order valence-electron chi connectivity index (χ2n) is 6.67. The highest BCUT2D eigenvalue weighted by Gasteiger charge is 2.23. The van der Waals surface area contributed by atoms with E-state index in [0.29, 0.717) is 22.6 Å². The third-order valence-electron chi connectivity index (χ3n) is 4.95. The molecule has 0 bridgehead atoms. The Bertz CT molecular complexity index is 1210. The van der Waals surface area contributed by atoms with E-state index in [1.54, 1.807) is 35.1 Å². The van der Waals surface area contributed by atoms with Crippen LogP contribution in [0.2, 0.25) is 5.15 Å². The quantitative estimate of drug-likeness (QED) is 0.509. The number of piperidine rings is 1. The van der Waals surface area contributed by atoms with Gasteiger partial charge in [0, 0.05) is 18.2 Å². The Kier molecular flexibility index (Phi) is 4.18. The van der Waals surface area contributed by atoms with Crippen LogP contribution in [-0.2, 0) is 0 Å². The predicted molar refractivity (Wildman–Crippen MR) is 102 cm³/mol. The maximum absolute atomic E-state index is 12.3. The molecule has 0 atom stereocenters. The molecule has 0 aliphatic carbocycles. The van der Waals surface area contributed by atoms with Gasteiger partial charge >= 0.3 is 0 Å². The van der Waals surface area contributed by atoms with Gasteiger partial charge in [0.25, 0.3) is 11.4 Å². The van der Waals surface area contributed by atoms with Crippen LogP contribution in [0, 0.1) is 0 Å². The summed E-state index contributed by atoms with van der Waals surface area (Å²) in [4.78, 5) is 23.6. The number of hydrogen-bond donors (Lipinski definition) is 2. The fourth-order valence-corrected chi connectivity index (χ4v) is 3.78.